The van der Waals surface area contributed by atoms with E-state index in [1.165, 1.54) is 25.1 Å². The van der Waals surface area contributed by atoms with Gasteiger partial charge >= 0.3 is 0 Å². The maximum atomic E-state index is 12.0. The largest absolute Gasteiger partial charge is 0.472 e. The molecule has 2 rings (SSSR count). The highest BCUT2D eigenvalue weighted by Gasteiger charge is 2.11. The molecular weight excluding hydrogens is 272 g/mol. The molecule has 0 atom stereocenters. The third-order valence-electron chi connectivity index (χ3n) is 2.85. The van der Waals surface area contributed by atoms with Crippen molar-refractivity contribution >= 4 is 11.8 Å². The van der Waals surface area contributed by atoms with E-state index in [0.29, 0.717) is 36.3 Å². The van der Waals surface area contributed by atoms with Gasteiger partial charge in [-0.05, 0) is 12.5 Å². The molecule has 2 N–H and O–H groups in total. The summed E-state index contributed by atoms with van der Waals surface area (Å²) in [5.41, 5.74) is 1.61. The molecule has 0 bridgehead atoms. The molecule has 0 saturated heterocycles. The van der Waals surface area contributed by atoms with Crippen LogP contribution in [0.15, 0.2) is 35.5 Å². The predicted molar refractivity (Wildman–Crippen MR) is 74.8 cm³/mol. The van der Waals surface area contributed by atoms with E-state index < -0.39 is 0 Å². The number of amides is 2. The lowest BCUT2D eigenvalue weighted by Crippen LogP contribution is -2.35. The van der Waals surface area contributed by atoms with Crippen molar-refractivity contribution < 1.29 is 14.0 Å². The summed E-state index contributed by atoms with van der Waals surface area (Å²) in [5, 5.41) is 5.39. The van der Waals surface area contributed by atoms with Gasteiger partial charge in [0.05, 0.1) is 23.1 Å². The maximum Gasteiger partial charge on any atom is 0.254 e. The fourth-order valence-electron chi connectivity index (χ4n) is 1.77. The number of furan rings is 1. The van der Waals surface area contributed by atoms with Gasteiger partial charge < -0.3 is 15.1 Å². The van der Waals surface area contributed by atoms with Gasteiger partial charge in [0.25, 0.3) is 11.8 Å². The van der Waals surface area contributed by atoms with Gasteiger partial charge in [-0.15, -0.1) is 0 Å². The average Bonchev–Trinajstić information content (AvgIpc) is 3.05. The number of hydrogen-bond acceptors (Lipinski definition) is 5. The van der Waals surface area contributed by atoms with Crippen molar-refractivity contribution in [2.75, 3.05) is 13.1 Å². The Balaban J connectivity index is 1.78. The molecule has 0 radical (unpaired) electrons. The first-order chi connectivity index (χ1) is 10.2. The highest BCUT2D eigenvalue weighted by atomic mass is 16.3. The molecule has 0 aliphatic rings. The SMILES string of the molecule is CCc1ncncc1C(=O)NCCNC(=O)c1ccoc1. The number of aryl methyl sites for hydroxylation is 1. The normalized spacial score (nSPS) is 10.1. The third-order valence-corrected chi connectivity index (χ3v) is 2.85. The summed E-state index contributed by atoms with van der Waals surface area (Å²) in [7, 11) is 0. The van der Waals surface area contributed by atoms with Gasteiger partial charge in [-0.1, -0.05) is 6.92 Å². The molecule has 110 valence electrons. The summed E-state index contributed by atoms with van der Waals surface area (Å²) in [4.78, 5) is 31.5. The zero-order valence-electron chi connectivity index (χ0n) is 11.6. The van der Waals surface area contributed by atoms with E-state index in [1.54, 1.807) is 6.07 Å². The zero-order chi connectivity index (χ0) is 15.1. The second-order valence-corrected chi connectivity index (χ2v) is 4.26. The van der Waals surface area contributed by atoms with E-state index in [1.807, 2.05) is 6.92 Å². The van der Waals surface area contributed by atoms with Crippen molar-refractivity contribution in [2.45, 2.75) is 13.3 Å². The summed E-state index contributed by atoms with van der Waals surface area (Å²) in [6.45, 7) is 2.57. The minimum Gasteiger partial charge on any atom is -0.472 e. The van der Waals surface area contributed by atoms with Crippen LogP contribution in [0.4, 0.5) is 0 Å². The highest BCUT2D eigenvalue weighted by Crippen LogP contribution is 2.03. The Morgan fingerprint density at radius 2 is 2.00 bits per heavy atom. The first-order valence-corrected chi connectivity index (χ1v) is 6.59. The van der Waals surface area contributed by atoms with Crippen LogP contribution >= 0.6 is 0 Å². The van der Waals surface area contributed by atoms with Crippen LogP contribution in [0.5, 0.6) is 0 Å². The van der Waals surface area contributed by atoms with E-state index in [2.05, 4.69) is 20.6 Å². The molecule has 0 aromatic carbocycles. The maximum absolute atomic E-state index is 12.0. The van der Waals surface area contributed by atoms with Crippen molar-refractivity contribution in [1.29, 1.82) is 0 Å². The second kappa shape index (κ2) is 7.18. The standard InChI is InChI=1S/C14H16N4O3/c1-2-12-11(7-15-9-18-12)14(20)17-5-4-16-13(19)10-3-6-21-8-10/h3,6-9H,2,4-5H2,1H3,(H,16,19)(H,17,20). The first-order valence-electron chi connectivity index (χ1n) is 6.59. The monoisotopic (exact) mass is 288 g/mol. The van der Waals surface area contributed by atoms with E-state index in [4.69, 9.17) is 4.42 Å². The summed E-state index contributed by atoms with van der Waals surface area (Å²) < 4.78 is 4.82. The Morgan fingerprint density at radius 3 is 2.67 bits per heavy atom. The molecule has 0 spiro atoms. The number of carbonyl (C=O) groups excluding carboxylic acids is 2. The number of nitrogens with one attached hydrogen (secondary N) is 2. The van der Waals surface area contributed by atoms with Crippen molar-refractivity contribution in [3.05, 3.63) is 47.9 Å². The number of carbonyl (C=O) groups is 2. The molecule has 21 heavy (non-hydrogen) atoms. The highest BCUT2D eigenvalue weighted by molar-refractivity contribution is 5.95. The molecule has 2 aromatic rings. The van der Waals surface area contributed by atoms with Crippen LogP contribution in [0.3, 0.4) is 0 Å². The van der Waals surface area contributed by atoms with Gasteiger partial charge in [-0.3, -0.25) is 9.59 Å². The van der Waals surface area contributed by atoms with Crippen molar-refractivity contribution in [3.8, 4) is 0 Å². The summed E-state index contributed by atoms with van der Waals surface area (Å²) >= 11 is 0. The lowest BCUT2D eigenvalue weighted by Gasteiger charge is -2.08. The Hall–Kier alpha value is -2.70. The van der Waals surface area contributed by atoms with Crippen molar-refractivity contribution in [2.24, 2.45) is 0 Å². The lowest BCUT2D eigenvalue weighted by atomic mass is 10.2. The molecule has 7 heteroatoms. The fourth-order valence-corrected chi connectivity index (χ4v) is 1.77. The summed E-state index contributed by atoms with van der Waals surface area (Å²) in [6.07, 6.45) is 6.36. The van der Waals surface area contributed by atoms with Crippen LogP contribution in [0.25, 0.3) is 0 Å². The number of rotatable bonds is 6. The van der Waals surface area contributed by atoms with Crippen LogP contribution in [-0.4, -0.2) is 34.9 Å². The molecule has 7 nitrogen and oxygen atoms in total. The third kappa shape index (κ3) is 3.88. The van der Waals surface area contributed by atoms with Crippen LogP contribution in [0, 0.1) is 0 Å². The minimum atomic E-state index is -0.245. The molecule has 2 amide bonds. The van der Waals surface area contributed by atoms with Crippen molar-refractivity contribution in [1.82, 2.24) is 20.6 Å². The predicted octanol–water partition coefficient (Wildman–Crippen LogP) is 0.792. The molecule has 0 saturated carbocycles. The molecule has 2 aromatic heterocycles. The van der Waals surface area contributed by atoms with Crippen LogP contribution in [0.2, 0.25) is 0 Å². The molecule has 0 fully saturated rings. The van der Waals surface area contributed by atoms with Gasteiger partial charge in [0, 0.05) is 19.3 Å². The Morgan fingerprint density at radius 1 is 1.24 bits per heavy atom. The number of aromatic nitrogens is 2. The second-order valence-electron chi connectivity index (χ2n) is 4.26. The van der Waals surface area contributed by atoms with E-state index in [0.717, 1.165) is 0 Å². The number of nitrogens with zero attached hydrogens (tertiary/aromatic N) is 2. The molecule has 0 aliphatic carbocycles. The van der Waals surface area contributed by atoms with Crippen molar-refractivity contribution in [3.63, 3.8) is 0 Å². The van der Waals surface area contributed by atoms with Gasteiger partial charge in [0.1, 0.15) is 12.6 Å². The van der Waals surface area contributed by atoms with Gasteiger partial charge in [-0.2, -0.15) is 0 Å². The first kappa shape index (κ1) is 14.7. The fraction of sp³-hybridized carbons (Fsp3) is 0.286. The quantitative estimate of drug-likeness (QED) is 0.766. The lowest BCUT2D eigenvalue weighted by molar-refractivity contribution is 0.0926. The molecule has 0 aliphatic heterocycles. The Kier molecular flexibility index (Phi) is 5.03. The topological polar surface area (TPSA) is 97.1 Å². The zero-order valence-corrected chi connectivity index (χ0v) is 11.6. The molecule has 0 unspecified atom stereocenters. The Labute approximate surface area is 121 Å². The van der Waals surface area contributed by atoms with Crippen LogP contribution in [-0.2, 0) is 6.42 Å². The van der Waals surface area contributed by atoms with E-state index in [9.17, 15) is 9.59 Å². The van der Waals surface area contributed by atoms with Crippen LogP contribution < -0.4 is 10.6 Å². The molecular formula is C14H16N4O3. The number of hydrogen-bond donors (Lipinski definition) is 2. The van der Waals surface area contributed by atoms with Gasteiger partial charge in [0.2, 0.25) is 0 Å². The van der Waals surface area contributed by atoms with E-state index >= 15 is 0 Å². The van der Waals surface area contributed by atoms with Gasteiger partial charge in [-0.25, -0.2) is 9.97 Å². The minimum absolute atomic E-state index is 0.240. The summed E-state index contributed by atoms with van der Waals surface area (Å²) in [5.74, 6) is -0.486. The van der Waals surface area contributed by atoms with Crippen LogP contribution in [0.1, 0.15) is 33.3 Å². The Bertz CT molecular complexity index is 610. The summed E-state index contributed by atoms with van der Waals surface area (Å²) in [6, 6.07) is 1.57. The van der Waals surface area contributed by atoms with E-state index in [-0.39, 0.29) is 11.8 Å². The smallest absolute Gasteiger partial charge is 0.254 e. The average molecular weight is 288 g/mol. The molecule has 2 heterocycles. The van der Waals surface area contributed by atoms with Gasteiger partial charge in [0.15, 0.2) is 0 Å².